The summed E-state index contributed by atoms with van der Waals surface area (Å²) in [6, 6.07) is 2.30. The third-order valence-electron chi connectivity index (χ3n) is 3.54. The van der Waals surface area contributed by atoms with Crippen molar-refractivity contribution in [3.05, 3.63) is 0 Å². The number of rotatable bonds is 12. The molecule has 0 N–H and O–H groups in total. The molecule has 0 aliphatic heterocycles. The maximum atomic E-state index is 5.69. The van der Waals surface area contributed by atoms with Crippen LogP contribution in [-0.2, 0) is 8.85 Å². The summed E-state index contributed by atoms with van der Waals surface area (Å²) in [5.41, 5.74) is 0. The molecule has 0 saturated carbocycles. The first-order chi connectivity index (χ1) is 8.24. The number of hydrogen-bond acceptors (Lipinski definition) is 2. The van der Waals surface area contributed by atoms with E-state index in [2.05, 4.69) is 13.8 Å². The summed E-state index contributed by atoms with van der Waals surface area (Å²) >= 11 is 0. The quantitative estimate of drug-likeness (QED) is 0.368. The Morgan fingerprint density at radius 2 is 1.18 bits per heavy atom. The van der Waals surface area contributed by atoms with Gasteiger partial charge in [0.15, 0.2) is 0 Å². The first kappa shape index (κ1) is 17.1. The van der Waals surface area contributed by atoms with Gasteiger partial charge in [-0.25, -0.2) is 0 Å². The molecule has 0 amide bonds. The number of hydrogen-bond donors (Lipinski definition) is 0. The van der Waals surface area contributed by atoms with Crippen molar-refractivity contribution in [2.75, 3.05) is 14.2 Å². The fourth-order valence-corrected chi connectivity index (χ4v) is 5.13. The van der Waals surface area contributed by atoms with E-state index in [1.807, 2.05) is 14.2 Å². The normalized spacial score (nSPS) is 12.0. The highest BCUT2D eigenvalue weighted by atomic mass is 28.4. The van der Waals surface area contributed by atoms with E-state index in [1.165, 1.54) is 57.4 Å². The van der Waals surface area contributed by atoms with Crippen LogP contribution in [0.4, 0.5) is 0 Å². The molecule has 0 aliphatic carbocycles. The van der Waals surface area contributed by atoms with E-state index in [0.29, 0.717) is 0 Å². The third-order valence-corrected chi connectivity index (χ3v) is 7.40. The monoisotopic (exact) mass is 260 g/mol. The molecule has 104 valence electrons. The van der Waals surface area contributed by atoms with E-state index >= 15 is 0 Å². The molecule has 0 rings (SSSR count). The van der Waals surface area contributed by atoms with Crippen LogP contribution in [0.15, 0.2) is 0 Å². The summed E-state index contributed by atoms with van der Waals surface area (Å²) in [5.74, 6) is 0. The molecule has 0 aliphatic rings. The van der Waals surface area contributed by atoms with Crippen LogP contribution in [0.1, 0.15) is 65.2 Å². The van der Waals surface area contributed by atoms with Gasteiger partial charge >= 0.3 is 8.56 Å². The molecular formula is C14H32O2Si. The topological polar surface area (TPSA) is 18.5 Å². The molecule has 0 atom stereocenters. The Labute approximate surface area is 109 Å². The second-order valence-corrected chi connectivity index (χ2v) is 8.58. The minimum atomic E-state index is -1.82. The van der Waals surface area contributed by atoms with E-state index in [0.717, 1.165) is 6.04 Å². The zero-order valence-corrected chi connectivity index (χ0v) is 13.4. The maximum Gasteiger partial charge on any atom is 0.337 e. The van der Waals surface area contributed by atoms with Gasteiger partial charge in [0.05, 0.1) is 0 Å². The van der Waals surface area contributed by atoms with Crippen molar-refractivity contribution >= 4 is 8.56 Å². The molecule has 0 saturated heterocycles. The van der Waals surface area contributed by atoms with E-state index < -0.39 is 8.56 Å². The lowest BCUT2D eigenvalue weighted by molar-refractivity contribution is 0.239. The zero-order chi connectivity index (χ0) is 13.0. The van der Waals surface area contributed by atoms with Crippen LogP contribution in [0.2, 0.25) is 12.1 Å². The first-order valence-electron chi connectivity index (χ1n) is 7.35. The molecule has 0 spiro atoms. The Morgan fingerprint density at radius 3 is 1.65 bits per heavy atom. The predicted molar refractivity (Wildman–Crippen MR) is 77.7 cm³/mol. The molecule has 3 heteroatoms. The fourth-order valence-electron chi connectivity index (χ4n) is 2.35. The van der Waals surface area contributed by atoms with Gasteiger partial charge in [0, 0.05) is 14.2 Å². The molecule has 17 heavy (non-hydrogen) atoms. The van der Waals surface area contributed by atoms with Crippen molar-refractivity contribution in [2.24, 2.45) is 0 Å². The summed E-state index contributed by atoms with van der Waals surface area (Å²) in [6.07, 6.45) is 10.7. The second-order valence-electron chi connectivity index (χ2n) is 4.94. The largest absolute Gasteiger partial charge is 0.398 e. The Bertz CT molecular complexity index is 158. The molecule has 0 aromatic rings. The molecule has 0 aromatic carbocycles. The fraction of sp³-hybridized carbons (Fsp3) is 1.00. The van der Waals surface area contributed by atoms with Crippen molar-refractivity contribution in [1.29, 1.82) is 0 Å². The van der Waals surface area contributed by atoms with Crippen molar-refractivity contribution in [2.45, 2.75) is 77.3 Å². The Balaban J connectivity index is 3.61. The maximum absolute atomic E-state index is 5.69. The molecule has 0 unspecified atom stereocenters. The summed E-state index contributed by atoms with van der Waals surface area (Å²) in [5, 5.41) is 0. The van der Waals surface area contributed by atoms with Crippen molar-refractivity contribution < 1.29 is 8.85 Å². The molecule has 0 heterocycles. The first-order valence-corrected chi connectivity index (χ1v) is 9.58. The van der Waals surface area contributed by atoms with E-state index in [1.54, 1.807) is 0 Å². The lowest BCUT2D eigenvalue weighted by Gasteiger charge is -2.27. The van der Waals surface area contributed by atoms with Gasteiger partial charge in [-0.3, -0.25) is 0 Å². The second kappa shape index (κ2) is 11.2. The summed E-state index contributed by atoms with van der Waals surface area (Å²) in [4.78, 5) is 0. The lowest BCUT2D eigenvalue weighted by atomic mass is 10.1. The SMILES string of the molecule is CCCCCCCCC[Si](CCC)(OC)OC. The van der Waals surface area contributed by atoms with Gasteiger partial charge in [-0.2, -0.15) is 0 Å². The summed E-state index contributed by atoms with van der Waals surface area (Å²) in [6.45, 7) is 4.48. The summed E-state index contributed by atoms with van der Waals surface area (Å²) in [7, 11) is 1.83. The summed E-state index contributed by atoms with van der Waals surface area (Å²) < 4.78 is 11.4. The van der Waals surface area contributed by atoms with Crippen molar-refractivity contribution in [3.8, 4) is 0 Å². The zero-order valence-electron chi connectivity index (χ0n) is 12.4. The van der Waals surface area contributed by atoms with E-state index in [4.69, 9.17) is 8.85 Å². The van der Waals surface area contributed by atoms with Crippen molar-refractivity contribution in [3.63, 3.8) is 0 Å². The van der Waals surface area contributed by atoms with Crippen molar-refractivity contribution in [1.82, 2.24) is 0 Å². The minimum Gasteiger partial charge on any atom is -0.398 e. The average molecular weight is 260 g/mol. The van der Waals surface area contributed by atoms with Crippen LogP contribution in [0, 0.1) is 0 Å². The van der Waals surface area contributed by atoms with Gasteiger partial charge in [0.1, 0.15) is 0 Å². The van der Waals surface area contributed by atoms with Crippen LogP contribution in [0.5, 0.6) is 0 Å². The lowest BCUT2D eigenvalue weighted by Crippen LogP contribution is -2.39. The highest BCUT2D eigenvalue weighted by Crippen LogP contribution is 2.23. The van der Waals surface area contributed by atoms with Gasteiger partial charge in [0.25, 0.3) is 0 Å². The van der Waals surface area contributed by atoms with Gasteiger partial charge in [-0.05, 0) is 12.1 Å². The van der Waals surface area contributed by atoms with Gasteiger partial charge in [-0.1, -0.05) is 65.2 Å². The molecule has 0 fully saturated rings. The predicted octanol–water partition coefficient (Wildman–Crippen LogP) is 4.88. The standard InChI is InChI=1S/C14H32O2Si/c1-5-7-8-9-10-11-12-14-17(15-3,16-4)13-6-2/h5-14H2,1-4H3. The highest BCUT2D eigenvalue weighted by Gasteiger charge is 2.33. The molecule has 0 bridgehead atoms. The van der Waals surface area contributed by atoms with Gasteiger partial charge in [-0.15, -0.1) is 0 Å². The van der Waals surface area contributed by atoms with Gasteiger partial charge < -0.3 is 8.85 Å². The Hall–Kier alpha value is 0.137. The average Bonchev–Trinajstić information content (AvgIpc) is 2.36. The highest BCUT2D eigenvalue weighted by molar-refractivity contribution is 6.67. The Kier molecular flexibility index (Phi) is 11.3. The minimum absolute atomic E-state index is 1.13. The number of unbranched alkanes of at least 4 members (excludes halogenated alkanes) is 6. The molecule has 0 aromatic heterocycles. The smallest absolute Gasteiger partial charge is 0.337 e. The molecular weight excluding hydrogens is 228 g/mol. The Morgan fingerprint density at radius 1 is 0.647 bits per heavy atom. The molecule has 0 radical (unpaired) electrons. The van der Waals surface area contributed by atoms with Crippen LogP contribution in [0.25, 0.3) is 0 Å². The van der Waals surface area contributed by atoms with E-state index in [9.17, 15) is 0 Å². The third kappa shape index (κ3) is 7.95. The van der Waals surface area contributed by atoms with Crippen LogP contribution in [0.3, 0.4) is 0 Å². The van der Waals surface area contributed by atoms with E-state index in [-0.39, 0.29) is 0 Å². The van der Waals surface area contributed by atoms with Crippen LogP contribution >= 0.6 is 0 Å². The van der Waals surface area contributed by atoms with Crippen LogP contribution in [-0.4, -0.2) is 22.8 Å². The van der Waals surface area contributed by atoms with Gasteiger partial charge in [0.2, 0.25) is 0 Å². The molecule has 2 nitrogen and oxygen atoms in total. The van der Waals surface area contributed by atoms with Crippen LogP contribution < -0.4 is 0 Å².